The summed E-state index contributed by atoms with van der Waals surface area (Å²) in [6, 6.07) is 13.9. The van der Waals surface area contributed by atoms with E-state index in [0.29, 0.717) is 16.9 Å². The van der Waals surface area contributed by atoms with E-state index in [2.05, 4.69) is 5.32 Å². The van der Waals surface area contributed by atoms with Crippen molar-refractivity contribution in [1.82, 2.24) is 4.90 Å². The van der Waals surface area contributed by atoms with Crippen LogP contribution in [0, 0.1) is 0 Å². The second-order valence-corrected chi connectivity index (χ2v) is 8.20. The van der Waals surface area contributed by atoms with Gasteiger partial charge in [-0.2, -0.15) is 0 Å². The Morgan fingerprint density at radius 3 is 2.30 bits per heavy atom. The van der Waals surface area contributed by atoms with Gasteiger partial charge in [0, 0.05) is 11.7 Å². The molecule has 33 heavy (non-hydrogen) atoms. The molecule has 8 heteroatoms. The lowest BCUT2D eigenvalue weighted by atomic mass is 10.1. The minimum absolute atomic E-state index is 0.0446. The van der Waals surface area contributed by atoms with E-state index in [0.717, 1.165) is 25.7 Å². The lowest BCUT2D eigenvalue weighted by Crippen LogP contribution is -2.43. The number of esters is 1. The van der Waals surface area contributed by atoms with E-state index in [1.165, 1.54) is 4.90 Å². The Bertz CT molecular complexity index is 1030. The average Bonchev–Trinajstić information content (AvgIpc) is 3.41. The van der Waals surface area contributed by atoms with E-state index in [9.17, 15) is 19.2 Å². The number of hydrogen-bond donors (Lipinski definition) is 1. The van der Waals surface area contributed by atoms with Crippen LogP contribution in [0.3, 0.4) is 0 Å². The van der Waals surface area contributed by atoms with Crippen LogP contribution < -0.4 is 10.2 Å². The van der Waals surface area contributed by atoms with Gasteiger partial charge in [-0.05, 0) is 56.2 Å². The fourth-order valence-electron chi connectivity index (χ4n) is 4.50. The van der Waals surface area contributed by atoms with E-state index in [4.69, 9.17) is 4.74 Å². The number of para-hydroxylation sites is 1. The van der Waals surface area contributed by atoms with Crippen molar-refractivity contribution in [2.75, 3.05) is 16.8 Å². The van der Waals surface area contributed by atoms with Gasteiger partial charge in [-0.15, -0.1) is 0 Å². The van der Waals surface area contributed by atoms with E-state index < -0.39 is 12.0 Å². The molecular weight excluding hydrogens is 422 g/mol. The van der Waals surface area contributed by atoms with Gasteiger partial charge in [-0.3, -0.25) is 9.59 Å². The van der Waals surface area contributed by atoms with Gasteiger partial charge in [0.15, 0.2) is 0 Å². The standard InChI is InChI=1S/C25H27N3O5/c1-2-33-24(31)17-12-14-18(15-13-17)26-22(29)16-21-23(30)28(20-8-4-3-5-9-20)25(32)27(21)19-10-6-7-11-19/h3-5,8-9,12-15,19,21H,2,6-7,10-11,16H2,1H3,(H,26,29)/t21-/m1/s1. The number of hydrogen-bond acceptors (Lipinski definition) is 5. The first-order valence-electron chi connectivity index (χ1n) is 11.3. The summed E-state index contributed by atoms with van der Waals surface area (Å²) < 4.78 is 4.96. The number of carbonyl (C=O) groups excluding carboxylic acids is 4. The minimum Gasteiger partial charge on any atom is -0.462 e. The SMILES string of the molecule is CCOC(=O)c1ccc(NC(=O)C[C@@H]2C(=O)N(c3ccccc3)C(=O)N2C2CCCC2)cc1. The van der Waals surface area contributed by atoms with Crippen molar-refractivity contribution in [3.8, 4) is 0 Å². The molecule has 1 saturated heterocycles. The first kappa shape index (κ1) is 22.5. The van der Waals surface area contributed by atoms with Crippen molar-refractivity contribution < 1.29 is 23.9 Å². The van der Waals surface area contributed by atoms with Crippen molar-refractivity contribution in [2.24, 2.45) is 0 Å². The Labute approximate surface area is 192 Å². The van der Waals surface area contributed by atoms with Crippen molar-refractivity contribution in [1.29, 1.82) is 0 Å². The summed E-state index contributed by atoms with van der Waals surface area (Å²) in [5.41, 5.74) is 1.39. The van der Waals surface area contributed by atoms with Gasteiger partial charge in [0.05, 0.1) is 24.3 Å². The molecule has 4 rings (SSSR count). The maximum atomic E-state index is 13.3. The number of imide groups is 1. The molecule has 0 unspecified atom stereocenters. The fourth-order valence-corrected chi connectivity index (χ4v) is 4.50. The summed E-state index contributed by atoms with van der Waals surface area (Å²) in [6.45, 7) is 2.01. The highest BCUT2D eigenvalue weighted by Crippen LogP contribution is 2.34. The zero-order valence-corrected chi connectivity index (χ0v) is 18.5. The van der Waals surface area contributed by atoms with Crippen molar-refractivity contribution in [3.63, 3.8) is 0 Å². The lowest BCUT2D eigenvalue weighted by Gasteiger charge is -2.27. The van der Waals surface area contributed by atoms with Crippen LogP contribution in [-0.4, -0.2) is 47.4 Å². The molecule has 1 saturated carbocycles. The molecule has 2 fully saturated rings. The van der Waals surface area contributed by atoms with Crippen molar-refractivity contribution >= 4 is 35.2 Å². The van der Waals surface area contributed by atoms with E-state index in [1.54, 1.807) is 60.4 Å². The molecule has 1 heterocycles. The molecule has 4 amide bonds. The van der Waals surface area contributed by atoms with Crippen LogP contribution in [0.15, 0.2) is 54.6 Å². The molecule has 0 radical (unpaired) electrons. The maximum Gasteiger partial charge on any atom is 0.338 e. The molecular formula is C25H27N3O5. The second kappa shape index (κ2) is 9.85. The number of anilines is 2. The zero-order chi connectivity index (χ0) is 23.4. The van der Waals surface area contributed by atoms with Crippen LogP contribution in [0.1, 0.15) is 49.4 Å². The van der Waals surface area contributed by atoms with E-state index in [1.807, 2.05) is 6.07 Å². The van der Waals surface area contributed by atoms with Gasteiger partial charge in [0.2, 0.25) is 5.91 Å². The fraction of sp³-hybridized carbons (Fsp3) is 0.360. The zero-order valence-electron chi connectivity index (χ0n) is 18.5. The monoisotopic (exact) mass is 449 g/mol. The molecule has 0 bridgehead atoms. The number of carbonyl (C=O) groups is 4. The van der Waals surface area contributed by atoms with Crippen molar-refractivity contribution in [2.45, 2.75) is 51.1 Å². The van der Waals surface area contributed by atoms with Crippen LogP contribution in [-0.2, 0) is 14.3 Å². The predicted octanol–water partition coefficient (Wildman–Crippen LogP) is 3.97. The average molecular weight is 450 g/mol. The number of urea groups is 1. The lowest BCUT2D eigenvalue weighted by molar-refractivity contribution is -0.124. The van der Waals surface area contributed by atoms with Crippen LogP contribution in [0.2, 0.25) is 0 Å². The number of amides is 4. The first-order valence-corrected chi connectivity index (χ1v) is 11.3. The summed E-state index contributed by atoms with van der Waals surface area (Å²) >= 11 is 0. The third-order valence-electron chi connectivity index (χ3n) is 6.04. The largest absolute Gasteiger partial charge is 0.462 e. The summed E-state index contributed by atoms with van der Waals surface area (Å²) in [7, 11) is 0. The molecule has 1 aliphatic carbocycles. The summed E-state index contributed by atoms with van der Waals surface area (Å²) in [5.74, 6) is -1.19. The highest BCUT2D eigenvalue weighted by atomic mass is 16.5. The summed E-state index contributed by atoms with van der Waals surface area (Å²) in [6.07, 6.45) is 3.52. The molecule has 2 aromatic carbocycles. The summed E-state index contributed by atoms with van der Waals surface area (Å²) in [5, 5.41) is 2.77. The van der Waals surface area contributed by atoms with Gasteiger partial charge in [0.1, 0.15) is 6.04 Å². The second-order valence-electron chi connectivity index (χ2n) is 8.20. The number of nitrogens with one attached hydrogen (secondary N) is 1. The Morgan fingerprint density at radius 2 is 1.67 bits per heavy atom. The Hall–Kier alpha value is -3.68. The molecule has 1 N–H and O–H groups in total. The quantitative estimate of drug-likeness (QED) is 0.510. The van der Waals surface area contributed by atoms with Gasteiger partial charge < -0.3 is 15.0 Å². The molecule has 172 valence electrons. The molecule has 0 aromatic heterocycles. The van der Waals surface area contributed by atoms with E-state index >= 15 is 0 Å². The van der Waals surface area contributed by atoms with Gasteiger partial charge in [-0.1, -0.05) is 31.0 Å². The topological polar surface area (TPSA) is 96.0 Å². The third-order valence-corrected chi connectivity index (χ3v) is 6.04. The predicted molar refractivity (Wildman–Crippen MR) is 123 cm³/mol. The molecule has 8 nitrogen and oxygen atoms in total. The minimum atomic E-state index is -0.848. The van der Waals surface area contributed by atoms with Gasteiger partial charge >= 0.3 is 12.0 Å². The number of ether oxygens (including phenoxy) is 1. The smallest absolute Gasteiger partial charge is 0.338 e. The van der Waals surface area contributed by atoms with Crippen molar-refractivity contribution in [3.05, 3.63) is 60.2 Å². The number of rotatable bonds is 7. The molecule has 2 aliphatic rings. The first-order chi connectivity index (χ1) is 16.0. The third kappa shape index (κ3) is 4.74. The number of benzene rings is 2. The van der Waals surface area contributed by atoms with Gasteiger partial charge in [0.25, 0.3) is 5.91 Å². The van der Waals surface area contributed by atoms with Crippen LogP contribution in [0.25, 0.3) is 0 Å². The Morgan fingerprint density at radius 1 is 1.00 bits per heavy atom. The molecule has 2 aromatic rings. The number of nitrogens with zero attached hydrogens (tertiary/aromatic N) is 2. The van der Waals surface area contributed by atoms with Crippen LogP contribution >= 0.6 is 0 Å². The maximum absolute atomic E-state index is 13.3. The van der Waals surface area contributed by atoms with Crippen LogP contribution in [0.5, 0.6) is 0 Å². The molecule has 1 atom stereocenters. The highest BCUT2D eigenvalue weighted by Gasteiger charge is 2.49. The summed E-state index contributed by atoms with van der Waals surface area (Å²) in [4.78, 5) is 54.0. The van der Waals surface area contributed by atoms with Gasteiger partial charge in [-0.25, -0.2) is 14.5 Å². The van der Waals surface area contributed by atoms with E-state index in [-0.39, 0.29) is 36.9 Å². The van der Waals surface area contributed by atoms with Crippen LogP contribution in [0.4, 0.5) is 16.2 Å². The Kier molecular flexibility index (Phi) is 6.72. The molecule has 0 spiro atoms. The highest BCUT2D eigenvalue weighted by molar-refractivity contribution is 6.22. The Balaban J connectivity index is 1.49. The normalized spacial score (nSPS) is 18.6. The molecule has 1 aliphatic heterocycles.